The lowest BCUT2D eigenvalue weighted by Crippen LogP contribution is -2.07. The summed E-state index contributed by atoms with van der Waals surface area (Å²) >= 11 is 0. The van der Waals surface area contributed by atoms with Crippen LogP contribution in [0.2, 0.25) is 0 Å². The Kier molecular flexibility index (Phi) is 17.0. The molecule has 0 aliphatic heterocycles. The fourth-order valence-electron chi connectivity index (χ4n) is 2.13. The van der Waals surface area contributed by atoms with Crippen LogP contribution in [0.4, 0.5) is 0 Å². The van der Waals surface area contributed by atoms with E-state index in [1.54, 1.807) is 17.9 Å². The summed E-state index contributed by atoms with van der Waals surface area (Å²) in [5, 5.41) is 0. The van der Waals surface area contributed by atoms with Crippen molar-refractivity contribution in [3.8, 4) is 0 Å². The van der Waals surface area contributed by atoms with Crippen molar-refractivity contribution in [2.75, 3.05) is 38.9 Å². The molecule has 0 spiro atoms. The molecule has 1 aromatic rings. The quantitative estimate of drug-likeness (QED) is 0.267. The predicted molar refractivity (Wildman–Crippen MR) is 108 cm³/mol. The number of hydrogen-bond donors (Lipinski definition) is 0. The summed E-state index contributed by atoms with van der Waals surface area (Å²) in [6, 6.07) is 7.99. The lowest BCUT2D eigenvalue weighted by molar-refractivity contribution is 0.0670. The molecule has 0 saturated carbocycles. The average Bonchev–Trinajstić information content (AvgIpc) is 2.63. The van der Waals surface area contributed by atoms with Crippen molar-refractivity contribution >= 4 is 27.4 Å². The van der Waals surface area contributed by atoms with Crippen LogP contribution in [0.5, 0.6) is 0 Å². The first kappa shape index (κ1) is 23.5. The monoisotopic (exact) mass is 372 g/mol. The van der Waals surface area contributed by atoms with Gasteiger partial charge in [0, 0.05) is 31.5 Å². The third kappa shape index (κ3) is 11.1. The van der Waals surface area contributed by atoms with Crippen molar-refractivity contribution in [1.82, 2.24) is 0 Å². The average molecular weight is 373 g/mol. The van der Waals surface area contributed by atoms with E-state index in [1.165, 1.54) is 5.56 Å². The summed E-state index contributed by atoms with van der Waals surface area (Å²) in [7, 11) is 5.32. The summed E-state index contributed by atoms with van der Waals surface area (Å²) in [6.45, 7) is 5.81. The Balaban J connectivity index is 0.00000254. The molecule has 1 aromatic carbocycles. The second-order valence-corrected chi connectivity index (χ2v) is 7.57. The first-order valence-corrected chi connectivity index (χ1v) is 11.4. The first-order chi connectivity index (χ1) is 11.8. The Bertz CT molecular complexity index is 425. The molecule has 0 N–H and O–H groups in total. The number of rotatable bonds is 13. The van der Waals surface area contributed by atoms with Crippen LogP contribution in [0.3, 0.4) is 0 Å². The van der Waals surface area contributed by atoms with Crippen LogP contribution in [0.15, 0.2) is 24.3 Å². The fraction of sp³-hybridized carbons (Fsp3) is 0.632. The highest BCUT2D eigenvalue weighted by atomic mass is 33.1. The van der Waals surface area contributed by atoms with Crippen molar-refractivity contribution in [3.63, 3.8) is 0 Å². The predicted octanol–water partition coefficient (Wildman–Crippen LogP) is 5.28. The van der Waals surface area contributed by atoms with Gasteiger partial charge >= 0.3 is 0 Å². The van der Waals surface area contributed by atoms with Gasteiger partial charge in [-0.1, -0.05) is 59.7 Å². The van der Waals surface area contributed by atoms with Crippen molar-refractivity contribution in [2.24, 2.45) is 0 Å². The number of methoxy groups -OCH3 is 1. The van der Waals surface area contributed by atoms with Gasteiger partial charge in [0.2, 0.25) is 0 Å². The molecule has 0 aromatic heterocycles. The van der Waals surface area contributed by atoms with Gasteiger partial charge in [0.25, 0.3) is 0 Å². The normalized spacial score (nSPS) is 10.2. The molecular formula is C19H32O3S2. The van der Waals surface area contributed by atoms with Crippen LogP contribution in [0.1, 0.15) is 49.0 Å². The van der Waals surface area contributed by atoms with E-state index in [-0.39, 0.29) is 5.78 Å². The molecule has 0 atom stereocenters. The molecule has 0 heterocycles. The molecule has 0 aliphatic rings. The van der Waals surface area contributed by atoms with Crippen molar-refractivity contribution in [3.05, 3.63) is 35.4 Å². The van der Waals surface area contributed by atoms with Crippen molar-refractivity contribution in [1.29, 1.82) is 0 Å². The lowest BCUT2D eigenvalue weighted by Gasteiger charge is -2.09. The first-order valence-electron chi connectivity index (χ1n) is 8.63. The Morgan fingerprint density at radius 3 is 2.54 bits per heavy atom. The van der Waals surface area contributed by atoms with Gasteiger partial charge in [0.05, 0.1) is 13.2 Å². The highest BCUT2D eigenvalue weighted by molar-refractivity contribution is 8.76. The van der Waals surface area contributed by atoms with E-state index >= 15 is 0 Å². The minimum absolute atomic E-state index is 0.225. The molecule has 0 amide bonds. The fourth-order valence-corrected chi connectivity index (χ4v) is 3.41. The number of carbonyl (C=O) groups excluding carboxylic acids is 1. The van der Waals surface area contributed by atoms with Crippen LogP contribution < -0.4 is 0 Å². The van der Waals surface area contributed by atoms with Crippen LogP contribution in [0.25, 0.3) is 0 Å². The van der Waals surface area contributed by atoms with Crippen LogP contribution in [-0.2, 0) is 15.9 Å². The zero-order chi connectivity index (χ0) is 18.0. The zero-order valence-electron chi connectivity index (χ0n) is 15.5. The molecule has 1 rings (SSSR count). The maximum atomic E-state index is 12.4. The number of Topliss-reactive ketones (excluding diaryl/α,β-unsaturated/α-hetero) is 1. The molecule has 0 radical (unpaired) electrons. The minimum Gasteiger partial charge on any atom is -0.382 e. The number of aryl methyl sites for hydroxylation is 1. The molecular weight excluding hydrogens is 340 g/mol. The Labute approximate surface area is 155 Å². The van der Waals surface area contributed by atoms with Gasteiger partial charge in [0.15, 0.2) is 5.78 Å². The number of ketones is 1. The third-order valence-corrected chi connectivity index (χ3v) is 5.13. The van der Waals surface area contributed by atoms with Gasteiger partial charge in [-0.3, -0.25) is 4.79 Å². The summed E-state index contributed by atoms with van der Waals surface area (Å²) in [6.07, 6.45) is 5.48. The largest absolute Gasteiger partial charge is 0.382 e. The van der Waals surface area contributed by atoms with E-state index in [9.17, 15) is 4.79 Å². The molecule has 24 heavy (non-hydrogen) atoms. The van der Waals surface area contributed by atoms with Gasteiger partial charge in [-0.15, -0.1) is 0 Å². The summed E-state index contributed by atoms with van der Waals surface area (Å²) in [4.78, 5) is 12.4. The van der Waals surface area contributed by atoms with Gasteiger partial charge in [-0.05, 0) is 31.1 Å². The van der Waals surface area contributed by atoms with E-state index in [1.807, 2.05) is 42.8 Å². The summed E-state index contributed by atoms with van der Waals surface area (Å²) in [5.74, 6) is 1.35. The molecule has 0 fully saturated rings. The number of hydrogen-bond acceptors (Lipinski definition) is 5. The topological polar surface area (TPSA) is 35.5 Å². The highest BCUT2D eigenvalue weighted by Crippen LogP contribution is 2.20. The molecule has 5 heteroatoms. The molecule has 0 aliphatic carbocycles. The molecule has 0 unspecified atom stereocenters. The van der Waals surface area contributed by atoms with Crippen LogP contribution in [-0.4, -0.2) is 44.7 Å². The van der Waals surface area contributed by atoms with Crippen LogP contribution in [0, 0.1) is 0 Å². The Morgan fingerprint density at radius 1 is 1.08 bits per heavy atom. The van der Waals surface area contributed by atoms with E-state index in [2.05, 4.69) is 12.3 Å². The lowest BCUT2D eigenvalue weighted by atomic mass is 9.98. The number of ether oxygens (including phenoxy) is 2. The third-order valence-electron chi connectivity index (χ3n) is 3.23. The summed E-state index contributed by atoms with van der Waals surface area (Å²) in [5.41, 5.74) is 2.06. The molecule has 0 bridgehead atoms. The molecule has 3 nitrogen and oxygen atoms in total. The minimum atomic E-state index is 0.225. The second kappa shape index (κ2) is 17.3. The SMILES string of the molecule is CC.COCCOCCCC(=O)c1ccccc1CCCSSC. The van der Waals surface area contributed by atoms with E-state index in [0.29, 0.717) is 26.2 Å². The van der Waals surface area contributed by atoms with Crippen LogP contribution >= 0.6 is 21.6 Å². The van der Waals surface area contributed by atoms with Gasteiger partial charge in [-0.2, -0.15) is 0 Å². The summed E-state index contributed by atoms with van der Waals surface area (Å²) < 4.78 is 10.3. The zero-order valence-corrected chi connectivity index (χ0v) is 17.1. The van der Waals surface area contributed by atoms with E-state index in [4.69, 9.17) is 9.47 Å². The van der Waals surface area contributed by atoms with Gasteiger partial charge in [-0.25, -0.2) is 0 Å². The number of carbonyl (C=O) groups is 1. The maximum absolute atomic E-state index is 12.4. The maximum Gasteiger partial charge on any atom is 0.163 e. The molecule has 138 valence electrons. The smallest absolute Gasteiger partial charge is 0.163 e. The standard InChI is InChI=1S/C17H26O3S2.C2H6/c1-19-12-13-20-11-5-10-17(18)16-9-4-3-7-15(16)8-6-14-22-21-2;1-2/h3-4,7,9H,5-6,8,10-14H2,1-2H3;1-2H3. The Hall–Kier alpha value is -0.490. The Morgan fingerprint density at radius 2 is 1.83 bits per heavy atom. The second-order valence-electron chi connectivity index (χ2n) is 4.88. The van der Waals surface area contributed by atoms with E-state index < -0.39 is 0 Å². The van der Waals surface area contributed by atoms with Gasteiger partial charge < -0.3 is 9.47 Å². The molecule has 0 saturated heterocycles. The van der Waals surface area contributed by atoms with E-state index in [0.717, 1.165) is 30.6 Å². The van der Waals surface area contributed by atoms with Crippen molar-refractivity contribution < 1.29 is 14.3 Å². The highest BCUT2D eigenvalue weighted by Gasteiger charge is 2.10. The number of benzene rings is 1. The van der Waals surface area contributed by atoms with Crippen molar-refractivity contribution in [2.45, 2.75) is 39.5 Å². The van der Waals surface area contributed by atoms with Gasteiger partial charge in [0.1, 0.15) is 0 Å².